The second-order valence-corrected chi connectivity index (χ2v) is 7.58. The molecule has 4 heteroatoms. The van der Waals surface area contributed by atoms with Crippen LogP contribution in [-0.4, -0.2) is 24.7 Å². The summed E-state index contributed by atoms with van der Waals surface area (Å²) in [6.45, 7) is 3.56. The molecular formula is C17H24N2OS. The molecule has 1 heterocycles. The van der Waals surface area contributed by atoms with Gasteiger partial charge in [-0.05, 0) is 43.7 Å². The summed E-state index contributed by atoms with van der Waals surface area (Å²) in [6.07, 6.45) is 4.12. The number of hydrogen-bond acceptors (Lipinski definition) is 3. The van der Waals surface area contributed by atoms with Gasteiger partial charge in [0, 0.05) is 23.7 Å². The van der Waals surface area contributed by atoms with Gasteiger partial charge in [-0.1, -0.05) is 19.1 Å². The number of carbonyl (C=O) groups excluding carboxylic acids is 1. The molecule has 2 aliphatic rings. The number of hydrogen-bond donors (Lipinski definition) is 1. The van der Waals surface area contributed by atoms with E-state index in [1.54, 1.807) is 0 Å². The van der Waals surface area contributed by atoms with E-state index < -0.39 is 0 Å². The van der Waals surface area contributed by atoms with Gasteiger partial charge < -0.3 is 10.6 Å². The molecule has 1 aliphatic heterocycles. The van der Waals surface area contributed by atoms with Crippen molar-refractivity contribution in [1.82, 2.24) is 0 Å². The first kappa shape index (κ1) is 14.9. The molecule has 1 aromatic carbocycles. The molecule has 0 atom stereocenters. The predicted molar refractivity (Wildman–Crippen MR) is 88.6 cm³/mol. The number of thioether (sulfide) groups is 1. The van der Waals surface area contributed by atoms with E-state index in [0.717, 1.165) is 49.6 Å². The standard InChI is InChI=1S/C17H24N2OS/c1-13-6-8-17(12-18,9-7-13)16(20)19-10-11-21-15-5-3-2-4-14(15)19/h2-5,13H,6-12,18H2,1H3. The molecule has 2 N–H and O–H groups in total. The quantitative estimate of drug-likeness (QED) is 0.912. The van der Waals surface area contributed by atoms with Crippen molar-refractivity contribution in [2.24, 2.45) is 17.1 Å². The van der Waals surface area contributed by atoms with Crippen LogP contribution in [0, 0.1) is 11.3 Å². The summed E-state index contributed by atoms with van der Waals surface area (Å²) in [7, 11) is 0. The Bertz CT molecular complexity index is 523. The summed E-state index contributed by atoms with van der Waals surface area (Å²) < 4.78 is 0. The van der Waals surface area contributed by atoms with Crippen molar-refractivity contribution >= 4 is 23.4 Å². The zero-order valence-electron chi connectivity index (χ0n) is 12.7. The lowest BCUT2D eigenvalue weighted by atomic mass is 9.70. The van der Waals surface area contributed by atoms with Gasteiger partial charge in [0.15, 0.2) is 0 Å². The van der Waals surface area contributed by atoms with Crippen LogP contribution in [0.25, 0.3) is 0 Å². The van der Waals surface area contributed by atoms with Crippen LogP contribution < -0.4 is 10.6 Å². The number of nitrogens with two attached hydrogens (primary N) is 1. The molecular weight excluding hydrogens is 280 g/mol. The Morgan fingerprint density at radius 2 is 2.10 bits per heavy atom. The maximum absolute atomic E-state index is 13.2. The molecule has 0 radical (unpaired) electrons. The third kappa shape index (κ3) is 2.71. The summed E-state index contributed by atoms with van der Waals surface area (Å²) in [4.78, 5) is 16.4. The molecule has 1 fully saturated rings. The van der Waals surface area contributed by atoms with E-state index in [2.05, 4.69) is 19.1 Å². The third-order valence-electron chi connectivity index (χ3n) is 5.05. The predicted octanol–water partition coefficient (Wildman–Crippen LogP) is 3.28. The van der Waals surface area contributed by atoms with Crippen molar-refractivity contribution < 1.29 is 4.79 Å². The summed E-state index contributed by atoms with van der Waals surface area (Å²) in [5, 5.41) is 0. The molecule has 114 valence electrons. The molecule has 1 saturated carbocycles. The summed E-state index contributed by atoms with van der Waals surface area (Å²) in [6, 6.07) is 8.23. The largest absolute Gasteiger partial charge is 0.329 e. The third-order valence-corrected chi connectivity index (χ3v) is 6.09. The van der Waals surface area contributed by atoms with E-state index in [-0.39, 0.29) is 11.3 Å². The van der Waals surface area contributed by atoms with Gasteiger partial charge in [0.25, 0.3) is 0 Å². The number of rotatable bonds is 2. The molecule has 0 aromatic heterocycles. The fourth-order valence-corrected chi connectivity index (χ4v) is 4.48. The molecule has 1 amide bonds. The summed E-state index contributed by atoms with van der Waals surface area (Å²) in [5.41, 5.74) is 6.80. The zero-order valence-corrected chi connectivity index (χ0v) is 13.5. The number of benzene rings is 1. The van der Waals surface area contributed by atoms with E-state index in [1.807, 2.05) is 28.8 Å². The SMILES string of the molecule is CC1CCC(CN)(C(=O)N2CCSc3ccccc32)CC1. The lowest BCUT2D eigenvalue weighted by molar-refractivity contribution is -0.130. The minimum absolute atomic E-state index is 0.254. The molecule has 21 heavy (non-hydrogen) atoms. The Morgan fingerprint density at radius 1 is 1.38 bits per heavy atom. The number of fused-ring (bicyclic) bond motifs is 1. The van der Waals surface area contributed by atoms with Crippen molar-refractivity contribution in [2.45, 2.75) is 37.5 Å². The Hall–Kier alpha value is -1.00. The van der Waals surface area contributed by atoms with Crippen LogP contribution in [0.3, 0.4) is 0 Å². The minimum Gasteiger partial charge on any atom is -0.329 e. The van der Waals surface area contributed by atoms with Crippen LogP contribution in [0.15, 0.2) is 29.2 Å². The van der Waals surface area contributed by atoms with E-state index in [1.165, 1.54) is 4.90 Å². The van der Waals surface area contributed by atoms with Crippen molar-refractivity contribution in [3.63, 3.8) is 0 Å². The summed E-state index contributed by atoms with van der Waals surface area (Å²) >= 11 is 1.84. The van der Waals surface area contributed by atoms with Crippen molar-refractivity contribution in [3.8, 4) is 0 Å². The number of anilines is 1. The molecule has 3 rings (SSSR count). The fraction of sp³-hybridized carbons (Fsp3) is 0.588. The van der Waals surface area contributed by atoms with Crippen LogP contribution >= 0.6 is 11.8 Å². The Labute approximate surface area is 131 Å². The molecule has 0 unspecified atom stereocenters. The monoisotopic (exact) mass is 304 g/mol. The van der Waals surface area contributed by atoms with Crippen LogP contribution in [0.2, 0.25) is 0 Å². The van der Waals surface area contributed by atoms with Crippen LogP contribution in [0.5, 0.6) is 0 Å². The van der Waals surface area contributed by atoms with E-state index >= 15 is 0 Å². The average molecular weight is 304 g/mol. The van der Waals surface area contributed by atoms with Crippen LogP contribution in [0.4, 0.5) is 5.69 Å². The number of carbonyl (C=O) groups is 1. The first-order valence-corrected chi connectivity index (χ1v) is 8.89. The van der Waals surface area contributed by atoms with Gasteiger partial charge in [-0.2, -0.15) is 0 Å². The zero-order chi connectivity index (χ0) is 14.9. The number of amides is 1. The smallest absolute Gasteiger partial charge is 0.234 e. The molecule has 3 nitrogen and oxygen atoms in total. The number of nitrogens with zero attached hydrogens (tertiary/aromatic N) is 1. The lowest BCUT2D eigenvalue weighted by Crippen LogP contribution is -2.51. The topological polar surface area (TPSA) is 46.3 Å². The Kier molecular flexibility index (Phi) is 4.27. The maximum atomic E-state index is 13.2. The highest BCUT2D eigenvalue weighted by Crippen LogP contribution is 2.43. The Balaban J connectivity index is 1.88. The van der Waals surface area contributed by atoms with Gasteiger partial charge >= 0.3 is 0 Å². The highest BCUT2D eigenvalue weighted by molar-refractivity contribution is 7.99. The first-order chi connectivity index (χ1) is 10.2. The first-order valence-electron chi connectivity index (χ1n) is 7.90. The van der Waals surface area contributed by atoms with Crippen molar-refractivity contribution in [3.05, 3.63) is 24.3 Å². The molecule has 1 aromatic rings. The van der Waals surface area contributed by atoms with Gasteiger partial charge in [0.1, 0.15) is 0 Å². The molecule has 0 saturated heterocycles. The Morgan fingerprint density at radius 3 is 2.81 bits per heavy atom. The van der Waals surface area contributed by atoms with Crippen molar-refractivity contribution in [2.75, 3.05) is 23.7 Å². The highest BCUT2D eigenvalue weighted by Gasteiger charge is 2.43. The molecule has 1 aliphatic carbocycles. The highest BCUT2D eigenvalue weighted by atomic mass is 32.2. The second kappa shape index (κ2) is 6.01. The van der Waals surface area contributed by atoms with Gasteiger partial charge in [0.05, 0.1) is 11.1 Å². The van der Waals surface area contributed by atoms with E-state index in [9.17, 15) is 4.79 Å². The maximum Gasteiger partial charge on any atom is 0.234 e. The average Bonchev–Trinajstić information content (AvgIpc) is 2.55. The van der Waals surface area contributed by atoms with E-state index in [0.29, 0.717) is 6.54 Å². The normalized spacial score (nSPS) is 29.0. The van der Waals surface area contributed by atoms with Crippen molar-refractivity contribution in [1.29, 1.82) is 0 Å². The molecule has 0 bridgehead atoms. The van der Waals surface area contributed by atoms with Crippen LogP contribution in [-0.2, 0) is 4.79 Å². The van der Waals surface area contributed by atoms with Crippen LogP contribution in [0.1, 0.15) is 32.6 Å². The molecule has 0 spiro atoms. The lowest BCUT2D eigenvalue weighted by Gasteiger charge is -2.42. The number of para-hydroxylation sites is 1. The van der Waals surface area contributed by atoms with Gasteiger partial charge in [0.2, 0.25) is 5.91 Å². The van der Waals surface area contributed by atoms with Gasteiger partial charge in [-0.3, -0.25) is 4.79 Å². The van der Waals surface area contributed by atoms with Gasteiger partial charge in [-0.15, -0.1) is 11.8 Å². The fourth-order valence-electron chi connectivity index (χ4n) is 3.49. The summed E-state index contributed by atoms with van der Waals surface area (Å²) in [5.74, 6) is 1.95. The van der Waals surface area contributed by atoms with E-state index in [4.69, 9.17) is 5.73 Å². The second-order valence-electron chi connectivity index (χ2n) is 6.44. The van der Waals surface area contributed by atoms with Gasteiger partial charge in [-0.25, -0.2) is 0 Å². The minimum atomic E-state index is -0.332.